The van der Waals surface area contributed by atoms with Gasteiger partial charge in [-0.25, -0.2) is 4.99 Å². The van der Waals surface area contributed by atoms with E-state index >= 15 is 0 Å². The molecule has 0 saturated heterocycles. The van der Waals surface area contributed by atoms with Gasteiger partial charge in [-0.3, -0.25) is 0 Å². The topological polar surface area (TPSA) is 54.0 Å². The first-order valence-electron chi connectivity index (χ1n) is 5.81. The Bertz CT molecular complexity index is 328. The summed E-state index contributed by atoms with van der Waals surface area (Å²) < 4.78 is 0. The van der Waals surface area contributed by atoms with Gasteiger partial charge >= 0.3 is 0 Å². The van der Waals surface area contributed by atoms with Crippen LogP contribution in [0.1, 0.15) is 34.1 Å². The van der Waals surface area contributed by atoms with Crippen LogP contribution in [0.2, 0.25) is 0 Å². The van der Waals surface area contributed by atoms with Gasteiger partial charge in [-0.05, 0) is 27.2 Å². The number of hydrazone groups is 1. The van der Waals surface area contributed by atoms with Gasteiger partial charge in [0.05, 0.1) is 6.54 Å². The number of nitrogens with two attached hydrogens (primary N) is 1. The Kier molecular flexibility index (Phi) is 4.52. The summed E-state index contributed by atoms with van der Waals surface area (Å²) in [7, 11) is 0. The van der Waals surface area contributed by atoms with Crippen molar-refractivity contribution < 1.29 is 0 Å². The molecule has 0 aromatic carbocycles. The third-order valence-electron chi connectivity index (χ3n) is 3.07. The Labute approximate surface area is 97.9 Å². The number of hydrogen-bond acceptors (Lipinski definition) is 4. The molecular weight excluding hydrogens is 200 g/mol. The first-order valence-corrected chi connectivity index (χ1v) is 5.81. The van der Waals surface area contributed by atoms with E-state index in [0.29, 0.717) is 5.92 Å². The summed E-state index contributed by atoms with van der Waals surface area (Å²) in [4.78, 5) is 6.91. The standard InChI is InChI=1S/C12H22N4/c1-5-16(7-6-14-13)12-10(3)8-9(2)11(4)15-12/h6,10H,5,7-8,13H2,1-4H3. The van der Waals surface area contributed by atoms with Gasteiger partial charge in [-0.1, -0.05) is 12.5 Å². The van der Waals surface area contributed by atoms with Gasteiger partial charge in [0.15, 0.2) is 0 Å². The molecule has 1 aliphatic heterocycles. The minimum Gasteiger partial charge on any atom is -0.355 e. The molecule has 90 valence electrons. The molecule has 1 unspecified atom stereocenters. The highest BCUT2D eigenvalue weighted by Crippen LogP contribution is 2.24. The van der Waals surface area contributed by atoms with E-state index in [1.807, 2.05) is 0 Å². The van der Waals surface area contributed by atoms with Crippen LogP contribution in [0.3, 0.4) is 0 Å². The predicted octanol–water partition coefficient (Wildman–Crippen LogP) is 1.98. The highest BCUT2D eigenvalue weighted by molar-refractivity contribution is 5.88. The molecule has 0 spiro atoms. The molecule has 1 aliphatic rings. The van der Waals surface area contributed by atoms with Crippen LogP contribution in [0.4, 0.5) is 0 Å². The Morgan fingerprint density at radius 2 is 2.25 bits per heavy atom. The zero-order valence-electron chi connectivity index (χ0n) is 10.7. The second kappa shape index (κ2) is 5.68. The van der Waals surface area contributed by atoms with Crippen molar-refractivity contribution in [3.63, 3.8) is 0 Å². The van der Waals surface area contributed by atoms with Gasteiger partial charge in [0, 0.05) is 24.4 Å². The van der Waals surface area contributed by atoms with Gasteiger partial charge in [-0.2, -0.15) is 5.10 Å². The molecule has 0 fully saturated rings. The maximum Gasteiger partial charge on any atom is 0.108 e. The molecule has 0 aliphatic carbocycles. The maximum atomic E-state index is 5.14. The molecule has 1 rings (SSSR count). The Hall–Kier alpha value is -1.32. The molecule has 0 aromatic rings. The third kappa shape index (κ3) is 2.84. The number of amidine groups is 1. The molecule has 4 nitrogen and oxygen atoms in total. The molecule has 16 heavy (non-hydrogen) atoms. The van der Waals surface area contributed by atoms with Gasteiger partial charge < -0.3 is 10.7 Å². The third-order valence-corrected chi connectivity index (χ3v) is 3.07. The van der Waals surface area contributed by atoms with Gasteiger partial charge in [-0.15, -0.1) is 0 Å². The quantitative estimate of drug-likeness (QED) is 0.451. The average Bonchev–Trinajstić information content (AvgIpc) is 2.26. The van der Waals surface area contributed by atoms with E-state index in [1.54, 1.807) is 6.21 Å². The zero-order valence-corrected chi connectivity index (χ0v) is 10.7. The molecule has 1 heterocycles. The minimum atomic E-state index is 0.481. The number of aliphatic imine (C=N–C) groups is 1. The molecule has 0 saturated carbocycles. The van der Waals surface area contributed by atoms with Crippen LogP contribution < -0.4 is 5.84 Å². The summed E-state index contributed by atoms with van der Waals surface area (Å²) in [5, 5.41) is 3.54. The predicted molar refractivity (Wildman–Crippen MR) is 69.5 cm³/mol. The first-order chi connectivity index (χ1) is 7.60. The summed E-state index contributed by atoms with van der Waals surface area (Å²) in [6, 6.07) is 0. The van der Waals surface area contributed by atoms with E-state index in [1.165, 1.54) is 5.57 Å². The zero-order chi connectivity index (χ0) is 12.1. The second-order valence-electron chi connectivity index (χ2n) is 4.31. The van der Waals surface area contributed by atoms with Crippen LogP contribution >= 0.6 is 0 Å². The van der Waals surface area contributed by atoms with Gasteiger partial charge in [0.1, 0.15) is 5.84 Å². The molecule has 0 aromatic heterocycles. The molecule has 0 amide bonds. The smallest absolute Gasteiger partial charge is 0.108 e. The first kappa shape index (κ1) is 12.7. The largest absolute Gasteiger partial charge is 0.355 e. The van der Waals surface area contributed by atoms with E-state index in [-0.39, 0.29) is 0 Å². The van der Waals surface area contributed by atoms with Crippen LogP contribution in [0, 0.1) is 5.92 Å². The lowest BCUT2D eigenvalue weighted by Crippen LogP contribution is -2.38. The monoisotopic (exact) mass is 222 g/mol. The molecule has 2 N–H and O–H groups in total. The number of nitrogens with zero attached hydrogens (tertiary/aromatic N) is 3. The van der Waals surface area contributed by atoms with Crippen LogP contribution in [0.5, 0.6) is 0 Å². The van der Waals surface area contributed by atoms with Crippen molar-refractivity contribution in [1.29, 1.82) is 0 Å². The maximum absolute atomic E-state index is 5.14. The second-order valence-corrected chi connectivity index (χ2v) is 4.31. The highest BCUT2D eigenvalue weighted by Gasteiger charge is 2.21. The van der Waals surface area contributed by atoms with Crippen molar-refractivity contribution in [2.45, 2.75) is 34.1 Å². The number of hydrogen-bond donors (Lipinski definition) is 1. The fourth-order valence-corrected chi connectivity index (χ4v) is 1.99. The van der Waals surface area contributed by atoms with Crippen molar-refractivity contribution in [2.24, 2.45) is 21.9 Å². The van der Waals surface area contributed by atoms with E-state index in [0.717, 1.165) is 31.0 Å². The number of allylic oxidation sites excluding steroid dienone is 2. The lowest BCUT2D eigenvalue weighted by atomic mass is 9.96. The van der Waals surface area contributed by atoms with Crippen molar-refractivity contribution in [2.75, 3.05) is 13.1 Å². The van der Waals surface area contributed by atoms with E-state index in [9.17, 15) is 0 Å². The fourth-order valence-electron chi connectivity index (χ4n) is 1.99. The molecule has 1 atom stereocenters. The van der Waals surface area contributed by atoms with Crippen LogP contribution in [0.15, 0.2) is 21.4 Å². The molecule has 0 bridgehead atoms. The molecule has 4 heteroatoms. The lowest BCUT2D eigenvalue weighted by molar-refractivity contribution is 0.462. The highest BCUT2D eigenvalue weighted by atomic mass is 15.2. The van der Waals surface area contributed by atoms with Crippen molar-refractivity contribution in [3.8, 4) is 0 Å². The normalized spacial score (nSPS) is 21.5. The minimum absolute atomic E-state index is 0.481. The Morgan fingerprint density at radius 3 is 2.81 bits per heavy atom. The molecular formula is C12H22N4. The van der Waals surface area contributed by atoms with Crippen molar-refractivity contribution in [1.82, 2.24) is 4.90 Å². The SMILES string of the molecule is CCN(CC=NN)C1=NC(C)=C(C)CC1C. The fraction of sp³-hybridized carbons (Fsp3) is 0.667. The summed E-state index contributed by atoms with van der Waals surface area (Å²) in [6.45, 7) is 10.2. The van der Waals surface area contributed by atoms with Crippen LogP contribution in [-0.2, 0) is 0 Å². The van der Waals surface area contributed by atoms with Crippen molar-refractivity contribution in [3.05, 3.63) is 11.3 Å². The number of rotatable bonds is 3. The van der Waals surface area contributed by atoms with Crippen LogP contribution in [0.25, 0.3) is 0 Å². The van der Waals surface area contributed by atoms with Gasteiger partial charge in [0.2, 0.25) is 0 Å². The lowest BCUT2D eigenvalue weighted by Gasteiger charge is -2.30. The van der Waals surface area contributed by atoms with Crippen molar-refractivity contribution >= 4 is 12.1 Å². The Balaban J connectivity index is 2.87. The molecule has 0 radical (unpaired) electrons. The van der Waals surface area contributed by atoms with E-state index < -0.39 is 0 Å². The summed E-state index contributed by atoms with van der Waals surface area (Å²) in [5.74, 6) is 6.78. The summed E-state index contributed by atoms with van der Waals surface area (Å²) in [5.41, 5.74) is 2.54. The van der Waals surface area contributed by atoms with Crippen LogP contribution in [-0.4, -0.2) is 30.0 Å². The van der Waals surface area contributed by atoms with Gasteiger partial charge in [0.25, 0.3) is 0 Å². The summed E-state index contributed by atoms with van der Waals surface area (Å²) in [6.07, 6.45) is 2.82. The average molecular weight is 222 g/mol. The van der Waals surface area contributed by atoms with E-state index in [2.05, 4.69) is 42.7 Å². The Morgan fingerprint density at radius 1 is 1.56 bits per heavy atom. The summed E-state index contributed by atoms with van der Waals surface area (Å²) >= 11 is 0. The van der Waals surface area contributed by atoms with E-state index in [4.69, 9.17) is 5.84 Å².